The van der Waals surface area contributed by atoms with Crippen LogP contribution in [-0.2, 0) is 0 Å². The summed E-state index contributed by atoms with van der Waals surface area (Å²) < 4.78 is 0. The zero-order valence-corrected chi connectivity index (χ0v) is 13.2. The fourth-order valence-electron chi connectivity index (χ4n) is 2.41. The average Bonchev–Trinajstić information content (AvgIpc) is 2.44. The molecule has 0 amide bonds. The van der Waals surface area contributed by atoms with Gasteiger partial charge in [-0.15, -0.1) is 5.54 Å². The quantitative estimate of drug-likeness (QED) is 0.299. The summed E-state index contributed by atoms with van der Waals surface area (Å²) in [5.41, 5.74) is 4.64. The van der Waals surface area contributed by atoms with Gasteiger partial charge in [0.15, 0.2) is 0 Å². The van der Waals surface area contributed by atoms with Crippen LogP contribution in [0.2, 0.25) is 19.6 Å². The Kier molecular flexibility index (Phi) is 3.12. The summed E-state index contributed by atoms with van der Waals surface area (Å²) in [4.78, 5) is 0. The van der Waals surface area contributed by atoms with Crippen molar-refractivity contribution >= 4 is 29.6 Å². The van der Waals surface area contributed by atoms with E-state index in [9.17, 15) is 0 Å². The first-order valence-electron chi connectivity index (χ1n) is 6.98. The first kappa shape index (κ1) is 13.0. The van der Waals surface area contributed by atoms with Crippen LogP contribution >= 0.6 is 0 Å². The molecule has 98 valence electrons. The highest BCUT2D eigenvalue weighted by molar-refractivity contribution is 6.83. The molecule has 0 aliphatic heterocycles. The molecule has 0 unspecified atom stereocenters. The third-order valence-corrected chi connectivity index (χ3v) is 4.22. The normalized spacial score (nSPS) is 11.3. The summed E-state index contributed by atoms with van der Waals surface area (Å²) in [7, 11) is -1.36. The van der Waals surface area contributed by atoms with E-state index in [0.717, 1.165) is 5.56 Å². The zero-order valence-electron chi connectivity index (χ0n) is 12.2. The van der Waals surface area contributed by atoms with Gasteiger partial charge in [-0.1, -0.05) is 74.1 Å². The van der Waals surface area contributed by atoms with Gasteiger partial charge in [0.2, 0.25) is 0 Å². The van der Waals surface area contributed by atoms with Crippen molar-refractivity contribution in [1.29, 1.82) is 0 Å². The van der Waals surface area contributed by atoms with Crippen LogP contribution < -0.4 is 0 Å². The molecule has 0 saturated carbocycles. The monoisotopic (exact) mass is 274 g/mol. The van der Waals surface area contributed by atoms with E-state index >= 15 is 0 Å². The molecule has 3 aromatic carbocycles. The standard InChI is InChI=1S/C19H18Si/c1-20(2,3)13-12-16-14-15-8-4-5-9-17(15)19-11-7-6-10-18(16)19/h4-11,14H,1-3H3. The Bertz CT molecular complexity index is 842. The molecule has 0 bridgehead atoms. The van der Waals surface area contributed by atoms with Gasteiger partial charge in [-0.25, -0.2) is 0 Å². The van der Waals surface area contributed by atoms with Crippen molar-refractivity contribution in [3.8, 4) is 11.5 Å². The molecule has 0 fully saturated rings. The Balaban J connectivity index is 2.37. The largest absolute Gasteiger partial charge is 0.129 e. The van der Waals surface area contributed by atoms with Crippen molar-refractivity contribution in [1.82, 2.24) is 0 Å². The molecule has 3 rings (SSSR count). The van der Waals surface area contributed by atoms with E-state index in [1.165, 1.54) is 21.5 Å². The predicted octanol–water partition coefficient (Wildman–Crippen LogP) is 5.22. The number of rotatable bonds is 0. The maximum absolute atomic E-state index is 3.48. The topological polar surface area (TPSA) is 0 Å². The summed E-state index contributed by atoms with van der Waals surface area (Å²) in [6, 6.07) is 19.3. The van der Waals surface area contributed by atoms with Crippen molar-refractivity contribution in [3.63, 3.8) is 0 Å². The van der Waals surface area contributed by atoms with Gasteiger partial charge in [0.1, 0.15) is 8.07 Å². The lowest BCUT2D eigenvalue weighted by Gasteiger charge is -2.08. The smallest absolute Gasteiger partial charge is 0.127 e. The maximum atomic E-state index is 3.48. The minimum absolute atomic E-state index is 1.15. The molecule has 0 N–H and O–H groups in total. The van der Waals surface area contributed by atoms with Crippen molar-refractivity contribution in [2.45, 2.75) is 19.6 Å². The van der Waals surface area contributed by atoms with E-state index in [1.807, 2.05) is 0 Å². The van der Waals surface area contributed by atoms with E-state index < -0.39 is 8.07 Å². The molecule has 0 atom stereocenters. The molecular weight excluding hydrogens is 256 g/mol. The number of fused-ring (bicyclic) bond motifs is 3. The number of hydrogen-bond acceptors (Lipinski definition) is 0. The van der Waals surface area contributed by atoms with Crippen LogP contribution in [-0.4, -0.2) is 8.07 Å². The van der Waals surface area contributed by atoms with Crippen molar-refractivity contribution < 1.29 is 0 Å². The minimum atomic E-state index is -1.36. The second-order valence-corrected chi connectivity index (χ2v) is 10.9. The highest BCUT2D eigenvalue weighted by atomic mass is 28.3. The van der Waals surface area contributed by atoms with Gasteiger partial charge in [0.25, 0.3) is 0 Å². The van der Waals surface area contributed by atoms with Crippen LogP contribution in [0.5, 0.6) is 0 Å². The number of hydrogen-bond donors (Lipinski definition) is 0. The summed E-state index contributed by atoms with van der Waals surface area (Å²) in [6.45, 7) is 6.84. The highest BCUT2D eigenvalue weighted by Gasteiger charge is 2.09. The second kappa shape index (κ2) is 4.81. The van der Waals surface area contributed by atoms with E-state index in [0.29, 0.717) is 0 Å². The van der Waals surface area contributed by atoms with Crippen molar-refractivity contribution in [2.75, 3.05) is 0 Å². The minimum Gasteiger partial charge on any atom is -0.127 e. The average molecular weight is 274 g/mol. The van der Waals surface area contributed by atoms with Crippen LogP contribution in [0.3, 0.4) is 0 Å². The third kappa shape index (κ3) is 2.48. The van der Waals surface area contributed by atoms with E-state index in [2.05, 4.69) is 85.7 Å². The van der Waals surface area contributed by atoms with Crippen molar-refractivity contribution in [2.24, 2.45) is 0 Å². The molecule has 20 heavy (non-hydrogen) atoms. The Morgan fingerprint density at radius 2 is 1.35 bits per heavy atom. The summed E-state index contributed by atoms with van der Waals surface area (Å²) in [5, 5.41) is 5.13. The Morgan fingerprint density at radius 1 is 0.750 bits per heavy atom. The van der Waals surface area contributed by atoms with Crippen LogP contribution in [0.25, 0.3) is 21.5 Å². The maximum Gasteiger partial charge on any atom is 0.129 e. The SMILES string of the molecule is C[Si](C)(C)C#Cc1cc2ccccc2c2ccccc12. The lowest BCUT2D eigenvalue weighted by molar-refractivity contribution is 1.73. The summed E-state index contributed by atoms with van der Waals surface area (Å²) >= 11 is 0. The molecule has 1 heteroatoms. The fraction of sp³-hybridized carbons (Fsp3) is 0.158. The first-order chi connectivity index (χ1) is 9.54. The van der Waals surface area contributed by atoms with Crippen LogP contribution in [0.15, 0.2) is 54.6 Å². The molecular formula is C19H18Si. The van der Waals surface area contributed by atoms with Gasteiger partial charge in [0.05, 0.1) is 0 Å². The van der Waals surface area contributed by atoms with Crippen LogP contribution in [0.1, 0.15) is 5.56 Å². The first-order valence-corrected chi connectivity index (χ1v) is 10.5. The highest BCUT2D eigenvalue weighted by Crippen LogP contribution is 2.28. The molecule has 0 spiro atoms. The second-order valence-electron chi connectivity index (χ2n) is 6.19. The van der Waals surface area contributed by atoms with Gasteiger partial charge < -0.3 is 0 Å². The third-order valence-electron chi connectivity index (χ3n) is 3.34. The van der Waals surface area contributed by atoms with Gasteiger partial charge in [-0.2, -0.15) is 0 Å². The lowest BCUT2D eigenvalue weighted by Crippen LogP contribution is -2.16. The molecule has 3 aromatic rings. The van der Waals surface area contributed by atoms with E-state index in [1.54, 1.807) is 0 Å². The molecule has 0 radical (unpaired) electrons. The Morgan fingerprint density at radius 3 is 2.05 bits per heavy atom. The Labute approximate surface area is 121 Å². The number of benzene rings is 3. The summed E-state index contributed by atoms with van der Waals surface area (Å²) in [5.74, 6) is 3.43. The lowest BCUT2D eigenvalue weighted by atomic mass is 9.98. The predicted molar refractivity (Wildman–Crippen MR) is 91.7 cm³/mol. The van der Waals surface area contributed by atoms with Gasteiger partial charge in [-0.3, -0.25) is 0 Å². The zero-order chi connectivity index (χ0) is 14.2. The molecule has 0 aliphatic rings. The molecule has 0 aromatic heterocycles. The van der Waals surface area contributed by atoms with Gasteiger partial charge >= 0.3 is 0 Å². The van der Waals surface area contributed by atoms with Gasteiger partial charge in [-0.05, 0) is 27.6 Å². The van der Waals surface area contributed by atoms with Crippen molar-refractivity contribution in [3.05, 3.63) is 60.2 Å². The molecule has 0 saturated heterocycles. The fourth-order valence-corrected chi connectivity index (χ4v) is 2.92. The van der Waals surface area contributed by atoms with Gasteiger partial charge in [0, 0.05) is 5.56 Å². The molecule has 0 heterocycles. The van der Waals surface area contributed by atoms with Crippen LogP contribution in [0, 0.1) is 11.5 Å². The molecule has 0 aliphatic carbocycles. The van der Waals surface area contributed by atoms with E-state index in [4.69, 9.17) is 0 Å². The Hall–Kier alpha value is -2.04. The van der Waals surface area contributed by atoms with Crippen LogP contribution in [0.4, 0.5) is 0 Å². The summed E-state index contributed by atoms with van der Waals surface area (Å²) in [6.07, 6.45) is 0. The molecule has 0 nitrogen and oxygen atoms in total. The van der Waals surface area contributed by atoms with E-state index in [-0.39, 0.29) is 0 Å².